The number of hydrogen-bond acceptors (Lipinski definition) is 10. The lowest BCUT2D eigenvalue weighted by molar-refractivity contribution is 1.08. The minimum atomic E-state index is 0.449. The van der Waals surface area contributed by atoms with Crippen LogP contribution in [-0.4, -0.2) is 19.9 Å². The van der Waals surface area contributed by atoms with E-state index in [0.717, 1.165) is 21.7 Å². The van der Waals surface area contributed by atoms with Crippen molar-refractivity contribution in [1.82, 2.24) is 19.9 Å². The van der Waals surface area contributed by atoms with Gasteiger partial charge in [0, 0.05) is 22.8 Å². The molecule has 0 N–H and O–H groups in total. The third-order valence-corrected chi connectivity index (χ3v) is 8.07. The minimum Gasteiger partial charge on any atom is -0.244 e. The molecule has 5 aromatic rings. The van der Waals surface area contributed by atoms with Gasteiger partial charge in [0.05, 0.1) is 11.3 Å². The first-order valence-corrected chi connectivity index (χ1v) is 14.6. The van der Waals surface area contributed by atoms with Crippen molar-refractivity contribution in [3.63, 3.8) is 0 Å². The standard InChI is InChI=1S/2C6H5N3.C6H5NS.2C6H8S/c1-5-6(2-7)3-8-4-9-5;1-5-3-8-4-9-6(5)2-7;1-5-2-3-8-6(5)4-7;1-5-3-7-4-6(5)2;1-5-3-4-7-6(5)2/h2*3-4H,1H3;2-3H,1H3;2*3-4H,1-2H3. The highest BCUT2D eigenvalue weighted by Gasteiger charge is 1.94. The van der Waals surface area contributed by atoms with Crippen molar-refractivity contribution in [2.45, 2.75) is 48.5 Å². The van der Waals surface area contributed by atoms with Crippen LogP contribution in [0.1, 0.15) is 54.5 Å². The Morgan fingerprint density at radius 2 is 1.23 bits per heavy atom. The van der Waals surface area contributed by atoms with Gasteiger partial charge in [-0.3, -0.25) is 0 Å². The van der Waals surface area contributed by atoms with Crippen LogP contribution in [0, 0.1) is 82.5 Å². The molecule has 204 valence electrons. The predicted molar refractivity (Wildman–Crippen MR) is 164 cm³/mol. The van der Waals surface area contributed by atoms with E-state index in [2.05, 4.69) is 75.9 Å². The summed E-state index contributed by atoms with van der Waals surface area (Å²) in [6, 6.07) is 10.1. The molecule has 0 radical (unpaired) electrons. The van der Waals surface area contributed by atoms with E-state index in [-0.39, 0.29) is 0 Å². The molecular weight excluding hydrogens is 555 g/mol. The Balaban J connectivity index is 0.000000251. The highest BCUT2D eigenvalue weighted by atomic mass is 32.1. The quantitative estimate of drug-likeness (QED) is 0.180. The topological polar surface area (TPSA) is 123 Å². The van der Waals surface area contributed by atoms with E-state index >= 15 is 0 Å². The van der Waals surface area contributed by atoms with E-state index < -0.39 is 0 Å². The fraction of sp³-hybridized carbons (Fsp3) is 0.233. The van der Waals surface area contributed by atoms with Crippen molar-refractivity contribution >= 4 is 34.0 Å². The molecular formula is C30H31N7S3. The van der Waals surface area contributed by atoms with Crippen molar-refractivity contribution in [2.24, 2.45) is 0 Å². The number of rotatable bonds is 0. The normalized spacial score (nSPS) is 8.80. The summed E-state index contributed by atoms with van der Waals surface area (Å²) in [4.78, 5) is 17.2. The summed E-state index contributed by atoms with van der Waals surface area (Å²) in [7, 11) is 0. The van der Waals surface area contributed by atoms with Gasteiger partial charge in [-0.2, -0.15) is 27.1 Å². The molecule has 0 fully saturated rings. The molecule has 40 heavy (non-hydrogen) atoms. The van der Waals surface area contributed by atoms with Crippen LogP contribution in [0.15, 0.2) is 58.7 Å². The maximum absolute atomic E-state index is 8.39. The molecule has 0 bridgehead atoms. The second kappa shape index (κ2) is 18.9. The summed E-state index contributed by atoms with van der Waals surface area (Å²) in [5, 5.41) is 33.5. The van der Waals surface area contributed by atoms with Gasteiger partial charge in [0.15, 0.2) is 0 Å². The lowest BCUT2D eigenvalue weighted by Gasteiger charge is -1.89. The smallest absolute Gasteiger partial charge is 0.146 e. The second-order valence-electron chi connectivity index (χ2n) is 8.24. The lowest BCUT2D eigenvalue weighted by Crippen LogP contribution is -1.87. The number of nitrogens with zero attached hydrogens (tertiary/aromatic N) is 7. The number of thiophene rings is 3. The molecule has 5 aromatic heterocycles. The number of aromatic nitrogens is 4. The molecule has 0 unspecified atom stereocenters. The molecule has 0 aliphatic rings. The monoisotopic (exact) mass is 585 g/mol. The van der Waals surface area contributed by atoms with Crippen LogP contribution in [0.2, 0.25) is 0 Å². The van der Waals surface area contributed by atoms with Crippen molar-refractivity contribution < 1.29 is 0 Å². The SMILES string of the molecule is Cc1ccsc1C.Cc1ccsc1C#N.Cc1cncnc1C#N.Cc1cscc1C.Cc1ncncc1C#N. The van der Waals surface area contributed by atoms with Gasteiger partial charge < -0.3 is 0 Å². The molecule has 10 heteroatoms. The summed E-state index contributed by atoms with van der Waals surface area (Å²) >= 11 is 5.06. The molecule has 0 saturated heterocycles. The van der Waals surface area contributed by atoms with Crippen LogP contribution < -0.4 is 0 Å². The fourth-order valence-corrected chi connectivity index (χ4v) is 4.67. The average molecular weight is 586 g/mol. The maximum Gasteiger partial charge on any atom is 0.146 e. The zero-order chi connectivity index (χ0) is 29.9. The van der Waals surface area contributed by atoms with E-state index in [1.54, 1.807) is 42.7 Å². The largest absolute Gasteiger partial charge is 0.244 e. The van der Waals surface area contributed by atoms with E-state index in [0.29, 0.717) is 11.3 Å². The predicted octanol–water partition coefficient (Wildman–Crippen LogP) is 7.97. The third-order valence-electron chi connectivity index (χ3n) is 5.23. The number of aryl methyl sites for hydroxylation is 7. The van der Waals surface area contributed by atoms with E-state index in [4.69, 9.17) is 15.8 Å². The molecule has 0 aliphatic carbocycles. The Morgan fingerprint density at radius 1 is 0.625 bits per heavy atom. The van der Waals surface area contributed by atoms with Crippen molar-refractivity contribution in [3.8, 4) is 18.2 Å². The Bertz CT molecular complexity index is 1450. The van der Waals surface area contributed by atoms with Gasteiger partial charge in [-0.15, -0.1) is 22.7 Å². The summed E-state index contributed by atoms with van der Waals surface area (Å²) in [6.45, 7) is 14.1. The molecule has 0 saturated carbocycles. The third kappa shape index (κ3) is 12.5. The first-order valence-electron chi connectivity index (χ1n) is 11.9. The Kier molecular flexibility index (Phi) is 15.9. The van der Waals surface area contributed by atoms with Crippen LogP contribution in [0.4, 0.5) is 0 Å². The van der Waals surface area contributed by atoms with E-state index in [9.17, 15) is 0 Å². The van der Waals surface area contributed by atoms with Gasteiger partial charge in [0.1, 0.15) is 41.4 Å². The van der Waals surface area contributed by atoms with E-state index in [1.807, 2.05) is 30.5 Å². The van der Waals surface area contributed by atoms with Crippen molar-refractivity contribution in [2.75, 3.05) is 0 Å². The summed E-state index contributed by atoms with van der Waals surface area (Å²) in [6.07, 6.45) is 5.91. The number of nitriles is 3. The summed E-state index contributed by atoms with van der Waals surface area (Å²) in [5.41, 5.74) is 7.84. The van der Waals surface area contributed by atoms with Crippen LogP contribution in [-0.2, 0) is 0 Å². The van der Waals surface area contributed by atoms with Crippen molar-refractivity contribution in [3.05, 3.63) is 113 Å². The minimum absolute atomic E-state index is 0.449. The molecule has 5 heterocycles. The number of hydrogen-bond donors (Lipinski definition) is 0. The van der Waals surface area contributed by atoms with Gasteiger partial charge in [-0.1, -0.05) is 0 Å². The van der Waals surface area contributed by atoms with Crippen molar-refractivity contribution in [1.29, 1.82) is 15.8 Å². The first-order chi connectivity index (χ1) is 19.1. The zero-order valence-corrected chi connectivity index (χ0v) is 26.1. The van der Waals surface area contributed by atoms with Gasteiger partial charge in [-0.05, 0) is 104 Å². The molecule has 5 rings (SSSR count). The van der Waals surface area contributed by atoms with Crippen LogP contribution in [0.25, 0.3) is 0 Å². The molecule has 0 aromatic carbocycles. The molecule has 0 spiro atoms. The van der Waals surface area contributed by atoms with E-state index in [1.165, 1.54) is 51.8 Å². The van der Waals surface area contributed by atoms with Gasteiger partial charge in [-0.25, -0.2) is 19.9 Å². The van der Waals surface area contributed by atoms with Gasteiger partial charge >= 0.3 is 0 Å². The molecule has 0 atom stereocenters. The second-order valence-corrected chi connectivity index (χ2v) is 11.0. The Morgan fingerprint density at radius 3 is 1.52 bits per heavy atom. The molecule has 7 nitrogen and oxygen atoms in total. The zero-order valence-electron chi connectivity index (χ0n) is 23.6. The summed E-state index contributed by atoms with van der Waals surface area (Å²) in [5.74, 6) is 0. The van der Waals surface area contributed by atoms with Crippen LogP contribution in [0.3, 0.4) is 0 Å². The maximum atomic E-state index is 8.39. The average Bonchev–Trinajstić information content (AvgIpc) is 3.67. The van der Waals surface area contributed by atoms with Gasteiger partial charge in [0.2, 0.25) is 0 Å². The Labute approximate surface area is 248 Å². The summed E-state index contributed by atoms with van der Waals surface area (Å²) < 4.78 is 0. The van der Waals surface area contributed by atoms with Crippen LogP contribution in [0.5, 0.6) is 0 Å². The highest BCUT2D eigenvalue weighted by Crippen LogP contribution is 2.13. The fourth-order valence-electron chi connectivity index (χ4n) is 2.38. The molecule has 0 amide bonds. The molecule has 0 aliphatic heterocycles. The first kappa shape index (κ1) is 33.8. The lowest BCUT2D eigenvalue weighted by atomic mass is 10.2. The van der Waals surface area contributed by atoms with Crippen LogP contribution >= 0.6 is 34.0 Å². The van der Waals surface area contributed by atoms with Gasteiger partial charge in [0.25, 0.3) is 0 Å². The Hall–Kier alpha value is -4.27. The highest BCUT2D eigenvalue weighted by molar-refractivity contribution is 7.10.